The van der Waals surface area contributed by atoms with E-state index >= 15 is 0 Å². The van der Waals surface area contributed by atoms with Gasteiger partial charge in [-0.15, -0.1) is 0 Å². The molecule has 1 N–H and O–H groups in total. The fraction of sp³-hybridized carbons (Fsp3) is 0.0667. The molecule has 0 amide bonds. The quantitative estimate of drug-likeness (QED) is 0.841. The number of hydroxylamine groups is 1. The van der Waals surface area contributed by atoms with Gasteiger partial charge in [0.25, 0.3) is 0 Å². The molecule has 1 heterocycles. The Kier molecular flexibility index (Phi) is 3.17. The van der Waals surface area contributed by atoms with Crippen molar-refractivity contribution >= 4 is 15.9 Å². The van der Waals surface area contributed by atoms with Gasteiger partial charge in [-0.25, -0.2) is 0 Å². The van der Waals surface area contributed by atoms with Gasteiger partial charge >= 0.3 is 0 Å². The summed E-state index contributed by atoms with van der Waals surface area (Å²) >= 11 is 3.35. The van der Waals surface area contributed by atoms with Crippen LogP contribution in [0.5, 0.6) is 0 Å². The van der Waals surface area contributed by atoms with E-state index in [0.29, 0.717) is 0 Å². The first-order valence-corrected chi connectivity index (χ1v) is 6.56. The summed E-state index contributed by atoms with van der Waals surface area (Å²) in [4.78, 5) is 5.41. The molecule has 3 heteroatoms. The number of rotatable bonds is 2. The predicted octanol–water partition coefficient (Wildman–Crippen LogP) is 4.17. The van der Waals surface area contributed by atoms with Crippen LogP contribution in [0.25, 0.3) is 11.1 Å². The second-order valence-corrected chi connectivity index (χ2v) is 5.00. The van der Waals surface area contributed by atoms with E-state index in [1.54, 1.807) is 0 Å². The Balaban J connectivity index is 1.86. The monoisotopic (exact) mass is 301 g/mol. The van der Waals surface area contributed by atoms with Crippen molar-refractivity contribution in [3.05, 3.63) is 70.8 Å². The molecule has 90 valence electrons. The molecule has 0 spiro atoms. The summed E-state index contributed by atoms with van der Waals surface area (Å²) in [5.74, 6) is 0. The summed E-state index contributed by atoms with van der Waals surface area (Å²) < 4.78 is 0.875. The van der Waals surface area contributed by atoms with Crippen molar-refractivity contribution < 1.29 is 4.84 Å². The van der Waals surface area contributed by atoms with E-state index in [4.69, 9.17) is 4.84 Å². The first kappa shape index (κ1) is 11.5. The predicted molar refractivity (Wildman–Crippen MR) is 75.8 cm³/mol. The van der Waals surface area contributed by atoms with Gasteiger partial charge in [0, 0.05) is 0 Å². The fourth-order valence-electron chi connectivity index (χ4n) is 1.98. The van der Waals surface area contributed by atoms with Crippen LogP contribution >= 0.6 is 15.9 Å². The average molecular weight is 302 g/mol. The zero-order valence-corrected chi connectivity index (χ0v) is 11.2. The largest absolute Gasteiger partial charge is 0.263 e. The standard InChI is InChI=1S/C15H12BrNO/c16-15-10-14(18-17-15)13-8-6-12(7-9-13)11-4-2-1-3-5-11/h1-10,14,17H. The SMILES string of the molecule is BrC1=CC(c2ccc(-c3ccccc3)cc2)ON1. The third-order valence-electron chi connectivity index (χ3n) is 2.93. The van der Waals surface area contributed by atoms with Crippen molar-refractivity contribution in [2.45, 2.75) is 6.10 Å². The van der Waals surface area contributed by atoms with Crippen LogP contribution in [-0.2, 0) is 4.84 Å². The summed E-state index contributed by atoms with van der Waals surface area (Å²) in [5, 5.41) is 0. The van der Waals surface area contributed by atoms with E-state index in [2.05, 4.69) is 57.8 Å². The molecule has 1 unspecified atom stereocenters. The molecule has 0 fully saturated rings. The van der Waals surface area contributed by atoms with Crippen LogP contribution in [0.15, 0.2) is 65.3 Å². The molecule has 0 radical (unpaired) electrons. The molecule has 2 aromatic rings. The second-order valence-electron chi connectivity index (χ2n) is 4.14. The zero-order chi connectivity index (χ0) is 12.4. The van der Waals surface area contributed by atoms with Gasteiger partial charge in [0.15, 0.2) is 0 Å². The molecule has 1 aliphatic rings. The number of nitrogens with one attached hydrogen (secondary N) is 1. The number of benzene rings is 2. The molecule has 2 nitrogen and oxygen atoms in total. The van der Waals surface area contributed by atoms with Crippen molar-refractivity contribution in [1.82, 2.24) is 5.48 Å². The minimum Gasteiger partial charge on any atom is -0.263 e. The maximum Gasteiger partial charge on any atom is 0.131 e. The van der Waals surface area contributed by atoms with Crippen molar-refractivity contribution in [3.8, 4) is 11.1 Å². The molecule has 2 aromatic carbocycles. The summed E-state index contributed by atoms with van der Waals surface area (Å²) in [6, 6.07) is 18.8. The molecule has 0 aliphatic carbocycles. The van der Waals surface area contributed by atoms with Crippen molar-refractivity contribution in [1.29, 1.82) is 0 Å². The lowest BCUT2D eigenvalue weighted by Crippen LogP contribution is -2.05. The topological polar surface area (TPSA) is 21.3 Å². The van der Waals surface area contributed by atoms with Crippen molar-refractivity contribution in [3.63, 3.8) is 0 Å². The first-order chi connectivity index (χ1) is 8.83. The molecule has 1 aliphatic heterocycles. The Hall–Kier alpha value is -1.58. The molecule has 0 saturated heterocycles. The van der Waals surface area contributed by atoms with E-state index < -0.39 is 0 Å². The molecular formula is C15H12BrNO. The third kappa shape index (κ3) is 2.33. The van der Waals surface area contributed by atoms with Crippen LogP contribution in [0.3, 0.4) is 0 Å². The lowest BCUT2D eigenvalue weighted by atomic mass is 10.0. The average Bonchev–Trinajstić information content (AvgIpc) is 2.87. The molecule has 0 bridgehead atoms. The van der Waals surface area contributed by atoms with Gasteiger partial charge in [-0.2, -0.15) is 0 Å². The second kappa shape index (κ2) is 4.96. The van der Waals surface area contributed by atoms with Crippen LogP contribution in [-0.4, -0.2) is 0 Å². The zero-order valence-electron chi connectivity index (χ0n) is 9.64. The van der Waals surface area contributed by atoms with Crippen LogP contribution in [0, 0.1) is 0 Å². The highest BCUT2D eigenvalue weighted by Gasteiger charge is 2.16. The number of halogens is 1. The van der Waals surface area contributed by atoms with Gasteiger partial charge in [-0.1, -0.05) is 54.6 Å². The van der Waals surface area contributed by atoms with Crippen LogP contribution in [0.1, 0.15) is 11.7 Å². The molecule has 1 atom stereocenters. The van der Waals surface area contributed by atoms with Gasteiger partial charge in [0.1, 0.15) is 10.7 Å². The van der Waals surface area contributed by atoms with E-state index in [1.807, 2.05) is 24.3 Å². The normalized spacial score (nSPS) is 18.3. The third-order valence-corrected chi connectivity index (χ3v) is 3.35. The maximum absolute atomic E-state index is 5.41. The Morgan fingerprint density at radius 3 is 2.17 bits per heavy atom. The smallest absolute Gasteiger partial charge is 0.131 e. The summed E-state index contributed by atoms with van der Waals surface area (Å²) in [7, 11) is 0. The van der Waals surface area contributed by atoms with Crippen LogP contribution < -0.4 is 5.48 Å². The summed E-state index contributed by atoms with van der Waals surface area (Å²) in [5.41, 5.74) is 6.37. The highest BCUT2D eigenvalue weighted by molar-refractivity contribution is 9.11. The fourth-order valence-corrected chi connectivity index (χ4v) is 2.31. The Morgan fingerprint density at radius 1 is 0.889 bits per heavy atom. The lowest BCUT2D eigenvalue weighted by Gasteiger charge is -2.08. The Labute approximate surface area is 114 Å². The highest BCUT2D eigenvalue weighted by atomic mass is 79.9. The van der Waals surface area contributed by atoms with Crippen molar-refractivity contribution in [2.24, 2.45) is 0 Å². The lowest BCUT2D eigenvalue weighted by molar-refractivity contribution is 0.0458. The number of hydrogen-bond donors (Lipinski definition) is 1. The maximum atomic E-state index is 5.41. The van der Waals surface area contributed by atoms with Gasteiger partial charge in [0.05, 0.1) is 0 Å². The van der Waals surface area contributed by atoms with Gasteiger partial charge in [-0.05, 0) is 38.7 Å². The molecule has 0 aromatic heterocycles. The molecule has 0 saturated carbocycles. The van der Waals surface area contributed by atoms with E-state index in [1.165, 1.54) is 11.1 Å². The Morgan fingerprint density at radius 2 is 1.56 bits per heavy atom. The van der Waals surface area contributed by atoms with Gasteiger partial charge in [-0.3, -0.25) is 10.3 Å². The Bertz CT molecular complexity index is 563. The van der Waals surface area contributed by atoms with Crippen LogP contribution in [0.4, 0.5) is 0 Å². The summed E-state index contributed by atoms with van der Waals surface area (Å²) in [6.45, 7) is 0. The van der Waals surface area contributed by atoms with Gasteiger partial charge < -0.3 is 0 Å². The van der Waals surface area contributed by atoms with E-state index in [9.17, 15) is 0 Å². The minimum atomic E-state index is -0.0239. The molecular weight excluding hydrogens is 290 g/mol. The first-order valence-electron chi connectivity index (χ1n) is 5.77. The van der Waals surface area contributed by atoms with Crippen LogP contribution in [0.2, 0.25) is 0 Å². The number of hydrogen-bond acceptors (Lipinski definition) is 2. The van der Waals surface area contributed by atoms with E-state index in [0.717, 1.165) is 10.2 Å². The summed E-state index contributed by atoms with van der Waals surface area (Å²) in [6.07, 6.45) is 1.97. The van der Waals surface area contributed by atoms with Crippen molar-refractivity contribution in [2.75, 3.05) is 0 Å². The molecule has 18 heavy (non-hydrogen) atoms. The molecule has 3 rings (SSSR count). The minimum absolute atomic E-state index is 0.0239. The van der Waals surface area contributed by atoms with E-state index in [-0.39, 0.29) is 6.10 Å². The van der Waals surface area contributed by atoms with Gasteiger partial charge in [0.2, 0.25) is 0 Å². The highest BCUT2D eigenvalue weighted by Crippen LogP contribution is 2.28.